The van der Waals surface area contributed by atoms with Crippen LogP contribution in [0.15, 0.2) is 66.2 Å². The minimum Gasteiger partial charge on any atom is -0.507 e. The smallest absolute Gasteiger partial charge is 0.300 e. The van der Waals surface area contributed by atoms with E-state index in [-0.39, 0.29) is 29.1 Å². The van der Waals surface area contributed by atoms with Gasteiger partial charge in [-0.25, -0.2) is 4.39 Å². The Morgan fingerprint density at radius 1 is 1.00 bits per heavy atom. The van der Waals surface area contributed by atoms with Gasteiger partial charge in [-0.3, -0.25) is 14.5 Å². The number of aliphatic hydroxyl groups excluding tert-OH is 1. The minimum atomic E-state index is -0.984. The molecule has 3 aromatic carbocycles. The highest BCUT2D eigenvalue weighted by molar-refractivity contribution is 6.51. The Morgan fingerprint density at radius 2 is 1.70 bits per heavy atom. The second-order valence-corrected chi connectivity index (χ2v) is 9.92. The number of rotatable bonds is 4. The summed E-state index contributed by atoms with van der Waals surface area (Å²) >= 11 is 0. The maximum absolute atomic E-state index is 14.2. The molecule has 190 valence electrons. The molecule has 0 radical (unpaired) electrons. The lowest BCUT2D eigenvalue weighted by atomic mass is 9.85. The van der Waals surface area contributed by atoms with Gasteiger partial charge in [-0.2, -0.15) is 0 Å². The highest BCUT2D eigenvalue weighted by Gasteiger charge is 2.47. The van der Waals surface area contributed by atoms with Gasteiger partial charge in [0.2, 0.25) is 6.79 Å². The number of hydrogen-bond acceptors (Lipinski definition) is 6. The van der Waals surface area contributed by atoms with E-state index in [2.05, 4.69) is 20.8 Å². The van der Waals surface area contributed by atoms with Crippen LogP contribution >= 0.6 is 0 Å². The first-order valence-corrected chi connectivity index (χ1v) is 11.7. The summed E-state index contributed by atoms with van der Waals surface area (Å²) in [5.74, 6) is -1.76. The van der Waals surface area contributed by atoms with Crippen molar-refractivity contribution in [3.63, 3.8) is 0 Å². The van der Waals surface area contributed by atoms with Gasteiger partial charge in [0.15, 0.2) is 11.5 Å². The average molecular weight is 504 g/mol. The van der Waals surface area contributed by atoms with E-state index in [0.717, 1.165) is 11.6 Å². The summed E-state index contributed by atoms with van der Waals surface area (Å²) in [4.78, 5) is 28.2. The van der Waals surface area contributed by atoms with Gasteiger partial charge in [-0.15, -0.1) is 0 Å². The minimum absolute atomic E-state index is 0.0255. The monoisotopic (exact) mass is 503 g/mol. The van der Waals surface area contributed by atoms with Gasteiger partial charge in [0.1, 0.15) is 17.3 Å². The number of anilines is 1. The predicted molar refractivity (Wildman–Crippen MR) is 135 cm³/mol. The van der Waals surface area contributed by atoms with Crippen LogP contribution in [-0.2, 0) is 15.0 Å². The zero-order valence-corrected chi connectivity index (χ0v) is 20.9. The molecule has 3 aromatic rings. The SMILES string of the molecule is COc1ccc(F)cc1/C(O)=C1\C(=O)C(=O)N(c2ccc3c(c2)OCO3)C1c1ccc(C(C)(C)C)cc1. The molecule has 1 atom stereocenters. The van der Waals surface area contributed by atoms with Crippen LogP contribution in [0.2, 0.25) is 0 Å². The number of carbonyl (C=O) groups is 2. The van der Waals surface area contributed by atoms with E-state index in [1.165, 1.54) is 24.1 Å². The number of aliphatic hydroxyl groups is 1. The second kappa shape index (κ2) is 8.96. The number of fused-ring (bicyclic) bond motifs is 1. The van der Waals surface area contributed by atoms with Crippen LogP contribution in [0.5, 0.6) is 17.2 Å². The lowest BCUT2D eigenvalue weighted by molar-refractivity contribution is -0.132. The fourth-order valence-corrected chi connectivity index (χ4v) is 4.63. The maximum atomic E-state index is 14.2. The summed E-state index contributed by atoms with van der Waals surface area (Å²) in [6.07, 6.45) is 0. The fourth-order valence-electron chi connectivity index (χ4n) is 4.63. The Kier molecular flexibility index (Phi) is 5.90. The van der Waals surface area contributed by atoms with Crippen LogP contribution in [0, 0.1) is 5.82 Å². The molecular formula is C29H26FNO6. The highest BCUT2D eigenvalue weighted by atomic mass is 19.1. The molecule has 1 unspecified atom stereocenters. The van der Waals surface area contributed by atoms with Crippen LogP contribution in [0.4, 0.5) is 10.1 Å². The Morgan fingerprint density at radius 3 is 2.38 bits per heavy atom. The zero-order valence-electron chi connectivity index (χ0n) is 20.9. The second-order valence-electron chi connectivity index (χ2n) is 9.92. The first-order chi connectivity index (χ1) is 17.6. The molecule has 0 saturated carbocycles. The molecule has 1 amide bonds. The van der Waals surface area contributed by atoms with Crippen molar-refractivity contribution < 1.29 is 33.3 Å². The molecule has 5 rings (SSSR count). The van der Waals surface area contributed by atoms with Crippen molar-refractivity contribution in [2.45, 2.75) is 32.2 Å². The fraction of sp³-hybridized carbons (Fsp3) is 0.241. The zero-order chi connectivity index (χ0) is 26.5. The Labute approximate surface area is 213 Å². The molecule has 0 aliphatic carbocycles. The normalized spacial score (nSPS) is 18.4. The molecular weight excluding hydrogens is 477 g/mol. The summed E-state index contributed by atoms with van der Waals surface area (Å²) in [6.45, 7) is 6.29. The molecule has 8 heteroatoms. The van der Waals surface area contributed by atoms with E-state index in [9.17, 15) is 19.1 Å². The largest absolute Gasteiger partial charge is 0.507 e. The molecule has 2 aliphatic heterocycles. The van der Waals surface area contributed by atoms with Crippen LogP contribution < -0.4 is 19.1 Å². The molecule has 1 saturated heterocycles. The van der Waals surface area contributed by atoms with Crippen molar-refractivity contribution >= 4 is 23.1 Å². The summed E-state index contributed by atoms with van der Waals surface area (Å²) in [6, 6.07) is 15.1. The van der Waals surface area contributed by atoms with Crippen molar-refractivity contribution in [2.75, 3.05) is 18.8 Å². The molecule has 37 heavy (non-hydrogen) atoms. The number of ether oxygens (including phenoxy) is 3. The van der Waals surface area contributed by atoms with Gasteiger partial charge in [-0.1, -0.05) is 45.0 Å². The molecule has 0 bridgehead atoms. The molecule has 7 nitrogen and oxygen atoms in total. The van der Waals surface area contributed by atoms with Gasteiger partial charge >= 0.3 is 0 Å². The van der Waals surface area contributed by atoms with Crippen molar-refractivity contribution in [2.24, 2.45) is 0 Å². The number of benzene rings is 3. The Hall–Kier alpha value is -4.33. The third kappa shape index (κ3) is 4.18. The number of hydrogen-bond donors (Lipinski definition) is 1. The van der Waals surface area contributed by atoms with Crippen LogP contribution in [-0.4, -0.2) is 30.7 Å². The molecule has 0 spiro atoms. The van der Waals surface area contributed by atoms with Crippen molar-refractivity contribution in [3.05, 3.63) is 88.7 Å². The van der Waals surface area contributed by atoms with Crippen molar-refractivity contribution in [3.8, 4) is 17.2 Å². The Balaban J connectivity index is 1.72. The number of methoxy groups -OCH3 is 1. The first kappa shape index (κ1) is 24.4. The van der Waals surface area contributed by atoms with Crippen LogP contribution in [0.1, 0.15) is 43.5 Å². The molecule has 1 fully saturated rings. The number of nitrogens with zero attached hydrogens (tertiary/aromatic N) is 1. The lowest BCUT2D eigenvalue weighted by Gasteiger charge is -2.27. The van der Waals surface area contributed by atoms with Gasteiger partial charge in [0.05, 0.1) is 24.3 Å². The number of amides is 1. The topological polar surface area (TPSA) is 85.3 Å². The van der Waals surface area contributed by atoms with Gasteiger partial charge < -0.3 is 19.3 Å². The molecule has 2 heterocycles. The summed E-state index contributed by atoms with van der Waals surface area (Å²) in [7, 11) is 1.37. The summed E-state index contributed by atoms with van der Waals surface area (Å²) in [5.41, 5.74) is 1.73. The molecule has 1 N–H and O–H groups in total. The average Bonchev–Trinajstić information content (AvgIpc) is 3.45. The number of halogens is 1. The summed E-state index contributed by atoms with van der Waals surface area (Å²) < 4.78 is 30.3. The molecule has 2 aliphatic rings. The van der Waals surface area contributed by atoms with E-state index in [1.807, 2.05) is 24.3 Å². The van der Waals surface area contributed by atoms with Crippen LogP contribution in [0.25, 0.3) is 5.76 Å². The van der Waals surface area contributed by atoms with E-state index >= 15 is 0 Å². The molecule has 0 aromatic heterocycles. The summed E-state index contributed by atoms with van der Waals surface area (Å²) in [5, 5.41) is 11.4. The van der Waals surface area contributed by atoms with E-state index < -0.39 is 29.3 Å². The third-order valence-corrected chi connectivity index (χ3v) is 6.59. The van der Waals surface area contributed by atoms with Gasteiger partial charge in [0.25, 0.3) is 11.7 Å². The maximum Gasteiger partial charge on any atom is 0.300 e. The van der Waals surface area contributed by atoms with Gasteiger partial charge in [-0.05, 0) is 46.9 Å². The number of Topliss-reactive ketones (excluding diaryl/α,β-unsaturated/α-hetero) is 1. The number of carbonyl (C=O) groups excluding carboxylic acids is 2. The lowest BCUT2D eigenvalue weighted by Crippen LogP contribution is -2.29. The first-order valence-electron chi connectivity index (χ1n) is 11.7. The standard InChI is InChI=1S/C29H26FNO6/c1-29(2,3)17-7-5-16(6-8-17)25-24(26(32)20-13-18(30)9-11-21(20)35-4)27(33)28(34)31(25)19-10-12-22-23(14-19)37-15-36-22/h5-14,25,32H,15H2,1-4H3/b26-24+. The van der Waals surface area contributed by atoms with Crippen molar-refractivity contribution in [1.29, 1.82) is 0 Å². The van der Waals surface area contributed by atoms with E-state index in [1.54, 1.807) is 18.2 Å². The van der Waals surface area contributed by atoms with E-state index in [0.29, 0.717) is 22.7 Å². The van der Waals surface area contributed by atoms with E-state index in [4.69, 9.17) is 14.2 Å². The van der Waals surface area contributed by atoms with Crippen LogP contribution in [0.3, 0.4) is 0 Å². The Bertz CT molecular complexity index is 1440. The number of ketones is 1. The van der Waals surface area contributed by atoms with Gasteiger partial charge in [0, 0.05) is 11.8 Å². The predicted octanol–water partition coefficient (Wildman–Crippen LogP) is 5.49. The highest BCUT2D eigenvalue weighted by Crippen LogP contribution is 2.46. The van der Waals surface area contributed by atoms with Crippen molar-refractivity contribution in [1.82, 2.24) is 0 Å². The quantitative estimate of drug-likeness (QED) is 0.288. The third-order valence-electron chi connectivity index (χ3n) is 6.59.